The van der Waals surface area contributed by atoms with E-state index in [0.29, 0.717) is 0 Å². The van der Waals surface area contributed by atoms with Gasteiger partial charge in [0.05, 0.1) is 12.1 Å². The minimum Gasteiger partial charge on any atom is -0.395 e. The van der Waals surface area contributed by atoms with Crippen LogP contribution in [-0.4, -0.2) is 41.7 Å². The molecule has 1 atom stereocenters. The third-order valence-electron chi connectivity index (χ3n) is 7.54. The molecule has 2 aromatic carbocycles. The summed E-state index contributed by atoms with van der Waals surface area (Å²) in [5.41, 5.74) is 5.34. The van der Waals surface area contributed by atoms with Crippen molar-refractivity contribution in [1.29, 1.82) is 0 Å². The van der Waals surface area contributed by atoms with Gasteiger partial charge in [0.15, 0.2) is 0 Å². The van der Waals surface area contributed by atoms with E-state index in [2.05, 4.69) is 83.9 Å². The molecule has 0 bridgehead atoms. The third kappa shape index (κ3) is 2.85. The number of nitrogens with one attached hydrogen (secondary N) is 2. The van der Waals surface area contributed by atoms with Crippen LogP contribution in [0.1, 0.15) is 42.5 Å². The van der Waals surface area contributed by atoms with Crippen molar-refractivity contribution >= 4 is 10.9 Å². The lowest BCUT2D eigenvalue weighted by Gasteiger charge is -2.52. The van der Waals surface area contributed by atoms with Crippen LogP contribution in [-0.2, 0) is 17.5 Å². The van der Waals surface area contributed by atoms with Gasteiger partial charge >= 0.3 is 0 Å². The molecule has 1 spiro atoms. The summed E-state index contributed by atoms with van der Waals surface area (Å²) in [6.45, 7) is 0.179. The average Bonchev–Trinajstić information content (AvgIpc) is 3.14. The number of aromatic amines is 1. The predicted molar refractivity (Wildman–Crippen MR) is 118 cm³/mol. The molecule has 3 N–H and O–H groups in total. The van der Waals surface area contributed by atoms with E-state index < -0.39 is 0 Å². The zero-order valence-electron chi connectivity index (χ0n) is 17.4. The van der Waals surface area contributed by atoms with Crippen molar-refractivity contribution in [2.45, 2.75) is 49.2 Å². The van der Waals surface area contributed by atoms with Gasteiger partial charge in [0.1, 0.15) is 0 Å². The van der Waals surface area contributed by atoms with Crippen molar-refractivity contribution in [3.63, 3.8) is 0 Å². The highest BCUT2D eigenvalue weighted by Crippen LogP contribution is 2.50. The number of hydrogen-bond donors (Lipinski definition) is 3. The molecular weight excluding hydrogens is 358 g/mol. The summed E-state index contributed by atoms with van der Waals surface area (Å²) >= 11 is 0. The summed E-state index contributed by atoms with van der Waals surface area (Å²) in [5.74, 6) is 0. The molecule has 0 radical (unpaired) electrons. The largest absolute Gasteiger partial charge is 0.395 e. The molecule has 2 aliphatic rings. The van der Waals surface area contributed by atoms with E-state index in [4.69, 9.17) is 0 Å². The van der Waals surface area contributed by atoms with Gasteiger partial charge in [-0.2, -0.15) is 0 Å². The van der Waals surface area contributed by atoms with Crippen molar-refractivity contribution < 1.29 is 5.11 Å². The van der Waals surface area contributed by atoms with E-state index in [1.54, 1.807) is 0 Å². The Morgan fingerprint density at radius 2 is 1.66 bits per heavy atom. The van der Waals surface area contributed by atoms with Crippen molar-refractivity contribution in [3.05, 3.63) is 71.4 Å². The van der Waals surface area contributed by atoms with Gasteiger partial charge in [0.2, 0.25) is 0 Å². The van der Waals surface area contributed by atoms with Crippen LogP contribution in [0, 0.1) is 0 Å². The molecule has 152 valence electrons. The maximum absolute atomic E-state index is 10.0. The molecule has 2 heterocycles. The fourth-order valence-corrected chi connectivity index (χ4v) is 5.92. The lowest BCUT2D eigenvalue weighted by atomic mass is 9.65. The maximum Gasteiger partial charge on any atom is 0.0594 e. The van der Waals surface area contributed by atoms with E-state index in [-0.39, 0.29) is 23.7 Å². The smallest absolute Gasteiger partial charge is 0.0594 e. The first-order valence-corrected chi connectivity index (χ1v) is 10.8. The number of aliphatic hydroxyl groups excluding tert-OH is 1. The first-order valence-electron chi connectivity index (χ1n) is 10.8. The Morgan fingerprint density at radius 1 is 0.966 bits per heavy atom. The zero-order chi connectivity index (χ0) is 20.1. The van der Waals surface area contributed by atoms with E-state index in [1.807, 2.05) is 0 Å². The van der Waals surface area contributed by atoms with Gasteiger partial charge in [-0.25, -0.2) is 0 Å². The summed E-state index contributed by atoms with van der Waals surface area (Å²) in [6.07, 6.45) is 5.16. The Kier molecular flexibility index (Phi) is 4.54. The Labute approximate surface area is 172 Å². The summed E-state index contributed by atoms with van der Waals surface area (Å²) < 4.78 is 0. The van der Waals surface area contributed by atoms with Crippen LogP contribution in [0.3, 0.4) is 0 Å². The predicted octanol–water partition coefficient (Wildman–Crippen LogP) is 3.90. The third-order valence-corrected chi connectivity index (χ3v) is 7.54. The van der Waals surface area contributed by atoms with Crippen LogP contribution in [0.5, 0.6) is 0 Å². The van der Waals surface area contributed by atoms with Gasteiger partial charge in [-0.1, -0.05) is 48.5 Å². The quantitative estimate of drug-likeness (QED) is 0.637. The van der Waals surface area contributed by atoms with Crippen LogP contribution in [0.2, 0.25) is 0 Å². The molecule has 4 heteroatoms. The SMILES string of the molecule is CN(C)C1(c2ccccc2)CCC2(CC1)NC(CO)Cc1c2[nH]c2ccccc12. The van der Waals surface area contributed by atoms with Crippen molar-refractivity contribution in [3.8, 4) is 0 Å². The normalized spacial score (nSPS) is 29.4. The maximum atomic E-state index is 10.0. The number of benzene rings is 2. The summed E-state index contributed by atoms with van der Waals surface area (Å²) in [7, 11) is 4.42. The average molecular weight is 390 g/mol. The second-order valence-corrected chi connectivity index (χ2v) is 9.13. The van der Waals surface area contributed by atoms with Crippen molar-refractivity contribution in [2.24, 2.45) is 0 Å². The van der Waals surface area contributed by atoms with E-state index in [0.717, 1.165) is 32.1 Å². The van der Waals surface area contributed by atoms with Crippen LogP contribution in [0.15, 0.2) is 54.6 Å². The van der Waals surface area contributed by atoms with Crippen LogP contribution in [0.25, 0.3) is 10.9 Å². The molecule has 5 rings (SSSR count). The fourth-order valence-electron chi connectivity index (χ4n) is 5.92. The molecular formula is C25H31N3O. The molecule has 3 aromatic rings. The molecule has 1 aromatic heterocycles. The van der Waals surface area contributed by atoms with Crippen molar-refractivity contribution in [1.82, 2.24) is 15.2 Å². The lowest BCUT2D eigenvalue weighted by molar-refractivity contribution is 0.0385. The van der Waals surface area contributed by atoms with E-state index in [1.165, 1.54) is 27.7 Å². The Balaban J connectivity index is 1.56. The zero-order valence-corrected chi connectivity index (χ0v) is 17.4. The minimum atomic E-state index is -0.0890. The molecule has 1 unspecified atom stereocenters. The van der Waals surface area contributed by atoms with Gasteiger partial charge < -0.3 is 15.4 Å². The monoisotopic (exact) mass is 389 g/mol. The Hall–Kier alpha value is -2.14. The van der Waals surface area contributed by atoms with E-state index in [9.17, 15) is 5.11 Å². The number of aliphatic hydroxyl groups is 1. The van der Waals surface area contributed by atoms with E-state index >= 15 is 0 Å². The number of rotatable bonds is 3. The molecule has 0 amide bonds. The molecule has 1 aliphatic carbocycles. The number of aromatic nitrogens is 1. The van der Waals surface area contributed by atoms with Gasteiger partial charge in [-0.05, 0) is 63.4 Å². The molecule has 1 fully saturated rings. The first-order chi connectivity index (χ1) is 14.1. The number of H-pyrrole nitrogens is 1. The van der Waals surface area contributed by atoms with Crippen LogP contribution in [0.4, 0.5) is 0 Å². The second-order valence-electron chi connectivity index (χ2n) is 9.13. The number of fused-ring (bicyclic) bond motifs is 4. The summed E-state index contributed by atoms with van der Waals surface area (Å²) in [5, 5.41) is 15.2. The first kappa shape index (κ1) is 18.9. The number of para-hydroxylation sites is 1. The Bertz CT molecular complexity index is 999. The standard InChI is InChI=1S/C25H31N3O/c1-28(2)25(18-8-4-3-5-9-18)14-12-24(13-15-25)23-21(16-19(17-29)27-24)20-10-6-7-11-22(20)26-23/h3-11,19,26-27,29H,12-17H2,1-2H3. The van der Waals surface area contributed by atoms with Crippen LogP contribution >= 0.6 is 0 Å². The molecule has 1 aliphatic heterocycles. The number of nitrogens with zero attached hydrogens (tertiary/aromatic N) is 1. The van der Waals surface area contributed by atoms with Gasteiger partial charge in [-0.15, -0.1) is 0 Å². The minimum absolute atomic E-state index is 0.0620. The Morgan fingerprint density at radius 3 is 2.34 bits per heavy atom. The second kappa shape index (κ2) is 6.98. The fraction of sp³-hybridized carbons (Fsp3) is 0.440. The van der Waals surface area contributed by atoms with Gasteiger partial charge in [-0.3, -0.25) is 4.90 Å². The highest BCUT2D eigenvalue weighted by atomic mass is 16.3. The lowest BCUT2D eigenvalue weighted by Crippen LogP contribution is -2.58. The molecule has 29 heavy (non-hydrogen) atoms. The molecule has 4 nitrogen and oxygen atoms in total. The highest BCUT2D eigenvalue weighted by Gasteiger charge is 2.49. The summed E-state index contributed by atoms with van der Waals surface area (Å²) in [6, 6.07) is 19.7. The van der Waals surface area contributed by atoms with Crippen molar-refractivity contribution in [2.75, 3.05) is 20.7 Å². The highest BCUT2D eigenvalue weighted by molar-refractivity contribution is 5.85. The van der Waals surface area contributed by atoms with Gasteiger partial charge in [0, 0.05) is 28.2 Å². The topological polar surface area (TPSA) is 51.3 Å². The molecule has 1 saturated carbocycles. The van der Waals surface area contributed by atoms with Gasteiger partial charge in [0.25, 0.3) is 0 Å². The summed E-state index contributed by atoms with van der Waals surface area (Å²) in [4.78, 5) is 6.17. The molecule has 0 saturated heterocycles. The number of hydrogen-bond acceptors (Lipinski definition) is 3. The van der Waals surface area contributed by atoms with Crippen LogP contribution < -0.4 is 5.32 Å².